The van der Waals surface area contributed by atoms with Crippen LogP contribution in [0.5, 0.6) is 0 Å². The maximum atomic E-state index is 8.56. The maximum absolute atomic E-state index is 8.56. The second kappa shape index (κ2) is 11.9. The van der Waals surface area contributed by atoms with Crippen LogP contribution in [-0.4, -0.2) is 41.9 Å². The largest absolute Gasteiger partial charge is 0.393 e. The second-order valence-electron chi connectivity index (χ2n) is 3.41. The Bertz CT molecular complexity index is 103. The Morgan fingerprint density at radius 2 is 1.20 bits per heavy atom. The van der Waals surface area contributed by atoms with Crippen molar-refractivity contribution < 1.29 is 19.7 Å². The van der Waals surface area contributed by atoms with E-state index in [1.54, 1.807) is 13.8 Å². The predicted molar refractivity (Wildman–Crippen MR) is 60.7 cm³/mol. The summed E-state index contributed by atoms with van der Waals surface area (Å²) in [4.78, 5) is 0. The molecule has 0 aromatic rings. The van der Waals surface area contributed by atoms with Gasteiger partial charge in [-0.05, 0) is 41.0 Å². The van der Waals surface area contributed by atoms with Gasteiger partial charge in [-0.25, -0.2) is 0 Å². The molecule has 0 spiro atoms. The van der Waals surface area contributed by atoms with Gasteiger partial charge >= 0.3 is 0 Å². The number of hydrogen-bond acceptors (Lipinski definition) is 4. The van der Waals surface area contributed by atoms with E-state index in [2.05, 4.69) is 0 Å². The van der Waals surface area contributed by atoms with E-state index in [1.165, 1.54) is 0 Å². The average Bonchev–Trinajstić information content (AvgIpc) is 2.03. The summed E-state index contributed by atoms with van der Waals surface area (Å²) in [6, 6.07) is 0. The first-order valence-electron chi connectivity index (χ1n) is 5.53. The summed E-state index contributed by atoms with van der Waals surface area (Å²) < 4.78 is 10.1. The number of aliphatic hydroxyl groups excluding tert-OH is 2. The van der Waals surface area contributed by atoms with E-state index >= 15 is 0 Å². The van der Waals surface area contributed by atoms with Crippen LogP contribution in [0.2, 0.25) is 0 Å². The molecule has 0 aliphatic rings. The minimum atomic E-state index is -0.375. The quantitative estimate of drug-likeness (QED) is 0.669. The van der Waals surface area contributed by atoms with Gasteiger partial charge in [0.15, 0.2) is 6.29 Å². The van der Waals surface area contributed by atoms with Crippen LogP contribution in [0.4, 0.5) is 0 Å². The Morgan fingerprint density at radius 3 is 1.33 bits per heavy atom. The van der Waals surface area contributed by atoms with Gasteiger partial charge in [0.25, 0.3) is 0 Å². The monoisotopic (exact) mass is 222 g/mol. The standard InChI is InChI=1S/C6H14O2.C5H12O2/c1-4-7-6(3)8-5-2;1-4(6)3-5(2)7/h6H,4-5H2,1-3H3;4-7H,3H2,1-2H3. The van der Waals surface area contributed by atoms with Crippen molar-refractivity contribution in [3.8, 4) is 0 Å². The average molecular weight is 222 g/mol. The topological polar surface area (TPSA) is 58.9 Å². The molecule has 0 aromatic carbocycles. The van der Waals surface area contributed by atoms with Crippen molar-refractivity contribution in [1.29, 1.82) is 0 Å². The fourth-order valence-corrected chi connectivity index (χ4v) is 1.01. The molecule has 15 heavy (non-hydrogen) atoms. The molecular formula is C11H26O4. The lowest BCUT2D eigenvalue weighted by molar-refractivity contribution is -0.123. The zero-order valence-electron chi connectivity index (χ0n) is 10.6. The summed E-state index contributed by atoms with van der Waals surface area (Å²) >= 11 is 0. The molecule has 0 rings (SSSR count). The lowest BCUT2D eigenvalue weighted by Crippen LogP contribution is -2.11. The Labute approximate surface area is 93.2 Å². The van der Waals surface area contributed by atoms with Crippen LogP contribution in [0.15, 0.2) is 0 Å². The van der Waals surface area contributed by atoms with Crippen LogP contribution < -0.4 is 0 Å². The minimum Gasteiger partial charge on any atom is -0.393 e. The van der Waals surface area contributed by atoms with E-state index in [4.69, 9.17) is 19.7 Å². The normalized spacial score (nSPS) is 14.4. The van der Waals surface area contributed by atoms with Gasteiger partial charge in [-0.3, -0.25) is 0 Å². The van der Waals surface area contributed by atoms with E-state index in [1.807, 2.05) is 20.8 Å². The zero-order chi connectivity index (χ0) is 12.3. The van der Waals surface area contributed by atoms with Crippen molar-refractivity contribution in [2.45, 2.75) is 59.5 Å². The van der Waals surface area contributed by atoms with Gasteiger partial charge in [-0.15, -0.1) is 0 Å². The van der Waals surface area contributed by atoms with Gasteiger partial charge in [-0.2, -0.15) is 0 Å². The van der Waals surface area contributed by atoms with Crippen molar-refractivity contribution in [1.82, 2.24) is 0 Å². The van der Waals surface area contributed by atoms with Gasteiger partial charge in [0.1, 0.15) is 0 Å². The molecule has 0 radical (unpaired) electrons. The number of rotatable bonds is 6. The zero-order valence-corrected chi connectivity index (χ0v) is 10.6. The van der Waals surface area contributed by atoms with Crippen LogP contribution in [0, 0.1) is 0 Å². The summed E-state index contributed by atoms with van der Waals surface area (Å²) in [5, 5.41) is 17.1. The molecule has 94 valence electrons. The van der Waals surface area contributed by atoms with Crippen LogP contribution in [0.1, 0.15) is 41.0 Å². The van der Waals surface area contributed by atoms with Crippen molar-refractivity contribution in [3.63, 3.8) is 0 Å². The molecule has 0 heterocycles. The Hall–Kier alpha value is -0.160. The van der Waals surface area contributed by atoms with Crippen LogP contribution in [-0.2, 0) is 9.47 Å². The molecule has 0 saturated heterocycles. The van der Waals surface area contributed by atoms with E-state index < -0.39 is 0 Å². The molecule has 2 N–H and O–H groups in total. The minimum absolute atomic E-state index is 0.0370. The molecule has 4 heteroatoms. The first kappa shape index (κ1) is 17.2. The van der Waals surface area contributed by atoms with Crippen molar-refractivity contribution in [3.05, 3.63) is 0 Å². The second-order valence-corrected chi connectivity index (χ2v) is 3.41. The van der Waals surface area contributed by atoms with Crippen LogP contribution in [0.3, 0.4) is 0 Å². The molecule has 0 aliphatic carbocycles. The first-order chi connectivity index (χ1) is 6.93. The Kier molecular flexibility index (Phi) is 13.7. The SMILES string of the molecule is CC(O)CC(C)O.CCOC(C)OCC. The van der Waals surface area contributed by atoms with Gasteiger partial charge in [0.05, 0.1) is 12.2 Å². The van der Waals surface area contributed by atoms with Crippen LogP contribution in [0.25, 0.3) is 0 Å². The molecule has 0 bridgehead atoms. The van der Waals surface area contributed by atoms with E-state index in [-0.39, 0.29) is 18.5 Å². The fraction of sp³-hybridized carbons (Fsp3) is 1.00. The number of ether oxygens (including phenoxy) is 2. The molecule has 4 nitrogen and oxygen atoms in total. The summed E-state index contributed by atoms with van der Waals surface area (Å²) in [7, 11) is 0. The third kappa shape index (κ3) is 20.0. The molecule has 2 unspecified atom stereocenters. The van der Waals surface area contributed by atoms with E-state index in [0.29, 0.717) is 6.42 Å². The van der Waals surface area contributed by atoms with Crippen molar-refractivity contribution >= 4 is 0 Å². The summed E-state index contributed by atoms with van der Waals surface area (Å²) in [5.74, 6) is 0. The predicted octanol–water partition coefficient (Wildman–Crippen LogP) is 1.54. The van der Waals surface area contributed by atoms with Gasteiger partial charge in [0, 0.05) is 13.2 Å². The molecule has 0 amide bonds. The third-order valence-corrected chi connectivity index (χ3v) is 1.48. The number of hydrogen-bond donors (Lipinski definition) is 2. The maximum Gasteiger partial charge on any atom is 0.154 e. The summed E-state index contributed by atoms with van der Waals surface area (Å²) in [6.07, 6.45) is -0.315. The third-order valence-electron chi connectivity index (χ3n) is 1.48. The van der Waals surface area contributed by atoms with Crippen molar-refractivity contribution in [2.75, 3.05) is 13.2 Å². The highest BCUT2D eigenvalue weighted by Gasteiger charge is 1.98. The van der Waals surface area contributed by atoms with E-state index in [9.17, 15) is 0 Å². The lowest BCUT2D eigenvalue weighted by atomic mass is 10.2. The highest BCUT2D eigenvalue weighted by molar-refractivity contribution is 4.51. The van der Waals surface area contributed by atoms with Gasteiger partial charge in [0.2, 0.25) is 0 Å². The highest BCUT2D eigenvalue weighted by Crippen LogP contribution is 1.93. The lowest BCUT2D eigenvalue weighted by Gasteiger charge is -2.09. The molecule has 0 fully saturated rings. The van der Waals surface area contributed by atoms with Gasteiger partial charge in [-0.1, -0.05) is 0 Å². The highest BCUT2D eigenvalue weighted by atomic mass is 16.7. The number of aliphatic hydroxyl groups is 2. The van der Waals surface area contributed by atoms with Gasteiger partial charge < -0.3 is 19.7 Å². The van der Waals surface area contributed by atoms with E-state index in [0.717, 1.165) is 13.2 Å². The fourth-order valence-electron chi connectivity index (χ4n) is 1.01. The molecular weight excluding hydrogens is 196 g/mol. The Morgan fingerprint density at radius 1 is 0.867 bits per heavy atom. The molecule has 2 atom stereocenters. The Balaban J connectivity index is 0. The molecule has 0 saturated carbocycles. The summed E-state index contributed by atoms with van der Waals surface area (Å²) in [6.45, 7) is 10.6. The molecule has 0 aliphatic heterocycles. The smallest absolute Gasteiger partial charge is 0.154 e. The summed E-state index contributed by atoms with van der Waals surface area (Å²) in [5.41, 5.74) is 0. The van der Waals surface area contributed by atoms with Crippen LogP contribution >= 0.6 is 0 Å². The molecule has 0 aromatic heterocycles. The first-order valence-corrected chi connectivity index (χ1v) is 5.53. The van der Waals surface area contributed by atoms with Crippen molar-refractivity contribution in [2.24, 2.45) is 0 Å².